The van der Waals surface area contributed by atoms with Crippen LogP contribution in [0.4, 0.5) is 0 Å². The first-order valence-corrected chi connectivity index (χ1v) is 10.6. The van der Waals surface area contributed by atoms with Gasteiger partial charge in [0.05, 0.1) is 11.0 Å². The molecule has 2 heterocycles. The van der Waals surface area contributed by atoms with Crippen molar-refractivity contribution in [1.82, 2.24) is 19.3 Å². The molecule has 0 aliphatic rings. The van der Waals surface area contributed by atoms with Crippen molar-refractivity contribution in [2.45, 2.75) is 6.54 Å². The van der Waals surface area contributed by atoms with Crippen molar-refractivity contribution in [2.24, 2.45) is 0 Å². The molecule has 5 rings (SSSR count). The molecule has 0 saturated carbocycles. The zero-order chi connectivity index (χ0) is 20.5. The van der Waals surface area contributed by atoms with Crippen LogP contribution < -0.4 is 0 Å². The molecule has 0 amide bonds. The monoisotopic (exact) mass is 504 g/mol. The molecule has 0 unspecified atom stereocenters. The van der Waals surface area contributed by atoms with Gasteiger partial charge in [0.15, 0.2) is 5.82 Å². The quantitative estimate of drug-likeness (QED) is 0.315. The van der Waals surface area contributed by atoms with E-state index in [-0.39, 0.29) is 5.91 Å². The molecule has 0 radical (unpaired) electrons. The molecule has 5 nitrogen and oxygen atoms in total. The highest BCUT2D eigenvalue weighted by Crippen LogP contribution is 2.25. The number of imidazole rings is 1. The van der Waals surface area contributed by atoms with Crippen LogP contribution >= 0.6 is 22.6 Å². The van der Waals surface area contributed by atoms with Gasteiger partial charge in [-0.1, -0.05) is 42.5 Å². The van der Waals surface area contributed by atoms with Crippen LogP contribution in [0.2, 0.25) is 0 Å². The lowest BCUT2D eigenvalue weighted by atomic mass is 10.2. The Morgan fingerprint density at radius 2 is 1.60 bits per heavy atom. The van der Waals surface area contributed by atoms with Gasteiger partial charge >= 0.3 is 0 Å². The molecule has 2 aromatic heterocycles. The van der Waals surface area contributed by atoms with Crippen LogP contribution in [-0.2, 0) is 6.54 Å². The number of nitrogens with zero attached hydrogens (tertiary/aromatic N) is 4. The average molecular weight is 504 g/mol. The lowest BCUT2D eigenvalue weighted by Gasteiger charge is -2.08. The highest BCUT2D eigenvalue weighted by atomic mass is 127. The number of hydrogen-bond acceptors (Lipinski definition) is 3. The summed E-state index contributed by atoms with van der Waals surface area (Å²) in [6.07, 6.45) is 1.70. The second-order valence-electron chi connectivity index (χ2n) is 6.95. The third-order valence-electron chi connectivity index (χ3n) is 4.96. The van der Waals surface area contributed by atoms with Crippen molar-refractivity contribution in [3.05, 3.63) is 106 Å². The largest absolute Gasteiger partial charge is 0.318 e. The number of para-hydroxylation sites is 2. The Kier molecular flexibility index (Phi) is 4.92. The number of carbonyl (C=O) groups is 1. The van der Waals surface area contributed by atoms with Crippen LogP contribution in [-0.4, -0.2) is 25.2 Å². The second kappa shape index (κ2) is 7.87. The minimum atomic E-state index is -0.164. The van der Waals surface area contributed by atoms with Crippen LogP contribution in [0.25, 0.3) is 22.6 Å². The molecule has 6 heteroatoms. The Bertz CT molecular complexity index is 1340. The first-order chi connectivity index (χ1) is 14.7. The molecular formula is C24H17IN4O. The smallest absolute Gasteiger partial charge is 0.278 e. The summed E-state index contributed by atoms with van der Waals surface area (Å²) in [6.45, 7) is 0.675. The number of rotatable bonds is 4. The molecule has 0 aliphatic heterocycles. The molecule has 0 atom stereocenters. The molecule has 0 aliphatic carbocycles. The highest BCUT2D eigenvalue weighted by molar-refractivity contribution is 14.1. The first-order valence-electron chi connectivity index (χ1n) is 9.54. The summed E-state index contributed by atoms with van der Waals surface area (Å²) >= 11 is 2.22. The van der Waals surface area contributed by atoms with Crippen molar-refractivity contribution in [3.8, 4) is 11.5 Å². The predicted octanol–water partition coefficient (Wildman–Crippen LogP) is 5.24. The molecule has 0 saturated heterocycles. The molecule has 3 aromatic carbocycles. The number of aromatic nitrogens is 4. The Hall–Kier alpha value is -3.26. The van der Waals surface area contributed by atoms with Gasteiger partial charge in [-0.05, 0) is 70.6 Å². The fraction of sp³-hybridized carbons (Fsp3) is 0.0417. The molecule has 0 bridgehead atoms. The standard InChI is InChI=1S/C24H17IN4O/c25-19-12-10-18(11-13-19)24(30)29-15-14-21(27-29)23-26-20-8-4-5-9-22(20)28(23)16-17-6-2-1-3-7-17/h1-15H,16H2. The summed E-state index contributed by atoms with van der Waals surface area (Å²) in [4.78, 5) is 17.6. The molecular weight excluding hydrogens is 487 g/mol. The van der Waals surface area contributed by atoms with E-state index in [0.717, 1.165) is 20.4 Å². The van der Waals surface area contributed by atoms with Crippen LogP contribution in [0.5, 0.6) is 0 Å². The normalized spacial score (nSPS) is 11.1. The molecule has 5 aromatic rings. The van der Waals surface area contributed by atoms with Gasteiger partial charge in [-0.3, -0.25) is 4.79 Å². The molecule has 0 spiro atoms. The van der Waals surface area contributed by atoms with Gasteiger partial charge in [-0.2, -0.15) is 5.10 Å². The maximum Gasteiger partial charge on any atom is 0.278 e. The summed E-state index contributed by atoms with van der Waals surface area (Å²) in [5.41, 5.74) is 4.39. The van der Waals surface area contributed by atoms with E-state index in [1.54, 1.807) is 6.20 Å². The van der Waals surface area contributed by atoms with E-state index in [4.69, 9.17) is 4.98 Å². The van der Waals surface area contributed by atoms with Gasteiger partial charge in [0.25, 0.3) is 5.91 Å². The Morgan fingerprint density at radius 1 is 0.867 bits per heavy atom. The Morgan fingerprint density at radius 3 is 2.40 bits per heavy atom. The van der Waals surface area contributed by atoms with Crippen molar-refractivity contribution in [3.63, 3.8) is 0 Å². The third-order valence-corrected chi connectivity index (χ3v) is 5.67. The molecule has 0 fully saturated rings. The molecule has 146 valence electrons. The summed E-state index contributed by atoms with van der Waals surface area (Å²) < 4.78 is 4.61. The third kappa shape index (κ3) is 3.54. The van der Waals surface area contributed by atoms with E-state index in [9.17, 15) is 4.79 Å². The second-order valence-corrected chi connectivity index (χ2v) is 8.20. The van der Waals surface area contributed by atoms with Crippen molar-refractivity contribution >= 4 is 39.5 Å². The van der Waals surface area contributed by atoms with E-state index in [1.165, 1.54) is 10.2 Å². The van der Waals surface area contributed by atoms with Gasteiger partial charge in [-0.15, -0.1) is 0 Å². The van der Waals surface area contributed by atoms with Crippen LogP contribution in [0.3, 0.4) is 0 Å². The lowest BCUT2D eigenvalue weighted by Crippen LogP contribution is -2.13. The zero-order valence-corrected chi connectivity index (χ0v) is 18.1. The predicted molar refractivity (Wildman–Crippen MR) is 125 cm³/mol. The number of hydrogen-bond donors (Lipinski definition) is 0. The average Bonchev–Trinajstić information content (AvgIpc) is 3.40. The summed E-state index contributed by atoms with van der Waals surface area (Å²) in [5.74, 6) is 0.581. The SMILES string of the molecule is O=C(c1ccc(I)cc1)n1ccc(-c2nc3ccccc3n2Cc2ccccc2)n1. The minimum Gasteiger partial charge on any atom is -0.318 e. The van der Waals surface area contributed by atoms with E-state index in [0.29, 0.717) is 17.8 Å². The fourth-order valence-corrected chi connectivity index (χ4v) is 3.84. The Balaban J connectivity index is 1.56. The van der Waals surface area contributed by atoms with Crippen molar-refractivity contribution in [1.29, 1.82) is 0 Å². The van der Waals surface area contributed by atoms with Crippen LogP contribution in [0.15, 0.2) is 91.1 Å². The number of halogens is 1. The first kappa shape index (κ1) is 18.7. The van der Waals surface area contributed by atoms with Crippen LogP contribution in [0.1, 0.15) is 15.9 Å². The minimum absolute atomic E-state index is 0.164. The van der Waals surface area contributed by atoms with Crippen LogP contribution in [0, 0.1) is 3.57 Å². The van der Waals surface area contributed by atoms with E-state index < -0.39 is 0 Å². The van der Waals surface area contributed by atoms with Gasteiger partial charge < -0.3 is 4.57 Å². The van der Waals surface area contributed by atoms with Gasteiger partial charge in [0.2, 0.25) is 0 Å². The lowest BCUT2D eigenvalue weighted by molar-refractivity contribution is 0.0945. The van der Waals surface area contributed by atoms with E-state index >= 15 is 0 Å². The van der Waals surface area contributed by atoms with Gasteiger partial charge in [-0.25, -0.2) is 9.67 Å². The van der Waals surface area contributed by atoms with E-state index in [2.05, 4.69) is 50.5 Å². The number of fused-ring (bicyclic) bond motifs is 1. The highest BCUT2D eigenvalue weighted by Gasteiger charge is 2.17. The van der Waals surface area contributed by atoms with Gasteiger partial charge in [0.1, 0.15) is 5.69 Å². The van der Waals surface area contributed by atoms with Crippen molar-refractivity contribution < 1.29 is 4.79 Å². The molecule has 0 N–H and O–H groups in total. The zero-order valence-electron chi connectivity index (χ0n) is 15.9. The summed E-state index contributed by atoms with van der Waals surface area (Å²) in [6, 6.07) is 27.6. The summed E-state index contributed by atoms with van der Waals surface area (Å²) in [7, 11) is 0. The number of carbonyl (C=O) groups excluding carboxylic acids is 1. The topological polar surface area (TPSA) is 52.7 Å². The van der Waals surface area contributed by atoms with E-state index in [1.807, 2.05) is 66.7 Å². The Labute approximate surface area is 187 Å². The fourth-order valence-electron chi connectivity index (χ4n) is 3.48. The van der Waals surface area contributed by atoms with Gasteiger partial charge in [0, 0.05) is 21.9 Å². The summed E-state index contributed by atoms with van der Waals surface area (Å²) in [5, 5.41) is 4.56. The molecule has 30 heavy (non-hydrogen) atoms. The van der Waals surface area contributed by atoms with Crippen molar-refractivity contribution in [2.75, 3.05) is 0 Å². The number of benzene rings is 3. The maximum absolute atomic E-state index is 12.8. The maximum atomic E-state index is 12.8.